The van der Waals surface area contributed by atoms with E-state index >= 15 is 0 Å². The van der Waals surface area contributed by atoms with Crippen LogP contribution in [0.25, 0.3) is 0 Å². The van der Waals surface area contributed by atoms with Crippen molar-refractivity contribution in [2.75, 3.05) is 25.8 Å². The molecule has 1 aromatic carbocycles. The van der Waals surface area contributed by atoms with Crippen molar-refractivity contribution in [3.05, 3.63) is 39.3 Å². The Balaban J connectivity index is 2.03. The highest BCUT2D eigenvalue weighted by molar-refractivity contribution is 9.10. The zero-order valence-corrected chi connectivity index (χ0v) is 18.4. The van der Waals surface area contributed by atoms with E-state index in [1.165, 1.54) is 30.6 Å². The van der Waals surface area contributed by atoms with Gasteiger partial charge in [0.1, 0.15) is 4.91 Å². The molecule has 1 spiro atoms. The van der Waals surface area contributed by atoms with Crippen LogP contribution in [-0.4, -0.2) is 47.0 Å². The molecule has 0 saturated carbocycles. The summed E-state index contributed by atoms with van der Waals surface area (Å²) in [6, 6.07) is 7.57. The van der Waals surface area contributed by atoms with Gasteiger partial charge in [0.25, 0.3) is 0 Å². The highest BCUT2D eigenvalue weighted by atomic mass is 79.9. The maximum atomic E-state index is 12.4. The summed E-state index contributed by atoms with van der Waals surface area (Å²) < 4.78 is 10.1. The summed E-state index contributed by atoms with van der Waals surface area (Å²) in [7, 11) is 3.18. The van der Waals surface area contributed by atoms with E-state index in [0.717, 1.165) is 15.9 Å². The molecule has 10 heteroatoms. The molecule has 1 atom stereocenters. The summed E-state index contributed by atoms with van der Waals surface area (Å²) in [6.07, 6.45) is 0. The first-order valence-corrected chi connectivity index (χ1v) is 10.5. The van der Waals surface area contributed by atoms with Crippen molar-refractivity contribution in [2.24, 2.45) is 5.10 Å². The fraction of sp³-hybridized carbons (Fsp3) is 0.353. The van der Waals surface area contributed by atoms with E-state index in [4.69, 9.17) is 9.47 Å². The van der Waals surface area contributed by atoms with Crippen LogP contribution < -0.4 is 5.01 Å². The molecule has 0 saturated heterocycles. The standard InChI is InChI=1S/C17H18BrN3O4S2/c1-5-25-15(22)13-10(2)20(3)17(26-13)21(12-8-6-11(18)7-9-12)19-14(27-17)16(23)24-4/h6-9H,5H2,1-4H3/t17-/m1/s1. The van der Waals surface area contributed by atoms with E-state index in [1.807, 2.05) is 43.1 Å². The smallest absolute Gasteiger partial charge is 0.365 e. The molecule has 0 fully saturated rings. The second-order valence-electron chi connectivity index (χ2n) is 5.63. The lowest BCUT2D eigenvalue weighted by Crippen LogP contribution is -2.47. The number of anilines is 1. The molecule has 0 unspecified atom stereocenters. The minimum Gasteiger partial charge on any atom is -0.464 e. The summed E-state index contributed by atoms with van der Waals surface area (Å²) in [5.74, 6) is -0.901. The monoisotopic (exact) mass is 471 g/mol. The third kappa shape index (κ3) is 3.45. The number of carbonyl (C=O) groups excluding carboxylic acids is 2. The summed E-state index contributed by atoms with van der Waals surface area (Å²) >= 11 is 5.97. The zero-order chi connectivity index (χ0) is 19.8. The Morgan fingerprint density at radius 2 is 1.89 bits per heavy atom. The van der Waals surface area contributed by atoms with Crippen molar-refractivity contribution < 1.29 is 19.1 Å². The molecule has 0 amide bonds. The number of esters is 2. The van der Waals surface area contributed by atoms with E-state index in [2.05, 4.69) is 21.0 Å². The minimum absolute atomic E-state index is 0.220. The molecule has 144 valence electrons. The lowest BCUT2D eigenvalue weighted by molar-refractivity contribution is -0.137. The maximum Gasteiger partial charge on any atom is 0.365 e. The Hall–Kier alpha value is -1.65. The fourth-order valence-corrected chi connectivity index (χ4v) is 5.78. The van der Waals surface area contributed by atoms with Crippen LogP contribution in [0.2, 0.25) is 0 Å². The Bertz CT molecular complexity index is 843. The number of ether oxygens (including phenoxy) is 2. The highest BCUT2D eigenvalue weighted by Gasteiger charge is 2.56. The molecule has 0 aliphatic carbocycles. The number of halogens is 1. The van der Waals surface area contributed by atoms with Crippen LogP contribution in [0.4, 0.5) is 5.69 Å². The number of benzene rings is 1. The predicted octanol–water partition coefficient (Wildman–Crippen LogP) is 3.57. The van der Waals surface area contributed by atoms with Gasteiger partial charge in [-0.05, 0) is 49.9 Å². The van der Waals surface area contributed by atoms with Crippen LogP contribution in [0.1, 0.15) is 13.8 Å². The molecule has 0 N–H and O–H groups in total. The number of hydrazone groups is 1. The quantitative estimate of drug-likeness (QED) is 0.616. The van der Waals surface area contributed by atoms with Crippen molar-refractivity contribution in [3.8, 4) is 0 Å². The fourth-order valence-electron chi connectivity index (χ4n) is 2.62. The van der Waals surface area contributed by atoms with Gasteiger partial charge in [-0.15, -0.1) is 0 Å². The topological polar surface area (TPSA) is 71.4 Å². The van der Waals surface area contributed by atoms with Crippen molar-refractivity contribution in [3.63, 3.8) is 0 Å². The van der Waals surface area contributed by atoms with Crippen LogP contribution in [0.3, 0.4) is 0 Å². The third-order valence-electron chi connectivity index (χ3n) is 4.07. The highest BCUT2D eigenvalue weighted by Crippen LogP contribution is 2.58. The SMILES string of the molecule is CCOC(=O)C1=C(C)N(C)[C@]2(SC(C(=O)OC)=NN2c2ccc(Br)cc2)S1. The van der Waals surface area contributed by atoms with Crippen molar-refractivity contribution in [1.29, 1.82) is 0 Å². The number of thioether (sulfide) groups is 2. The summed E-state index contributed by atoms with van der Waals surface area (Å²) in [5, 5.41) is 6.45. The van der Waals surface area contributed by atoms with Crippen LogP contribution in [0, 0.1) is 0 Å². The van der Waals surface area contributed by atoms with Gasteiger partial charge in [0.2, 0.25) is 9.37 Å². The first-order chi connectivity index (χ1) is 12.8. The first kappa shape index (κ1) is 20.1. The van der Waals surface area contributed by atoms with Gasteiger partial charge in [-0.3, -0.25) is 0 Å². The Kier molecular flexibility index (Phi) is 5.78. The molecule has 1 aromatic rings. The molecule has 0 aromatic heterocycles. The largest absolute Gasteiger partial charge is 0.464 e. The van der Waals surface area contributed by atoms with Crippen molar-refractivity contribution in [2.45, 2.75) is 18.2 Å². The second kappa shape index (κ2) is 7.76. The van der Waals surface area contributed by atoms with Crippen LogP contribution >= 0.6 is 39.5 Å². The van der Waals surface area contributed by atoms with Crippen LogP contribution in [0.15, 0.2) is 44.4 Å². The van der Waals surface area contributed by atoms with E-state index in [9.17, 15) is 9.59 Å². The van der Waals surface area contributed by atoms with E-state index in [0.29, 0.717) is 11.5 Å². The number of hydrogen-bond acceptors (Lipinski definition) is 9. The second-order valence-corrected chi connectivity index (χ2v) is 9.15. The van der Waals surface area contributed by atoms with Crippen LogP contribution in [-0.2, 0) is 19.1 Å². The first-order valence-electron chi connectivity index (χ1n) is 8.06. The number of rotatable bonds is 4. The number of allylic oxidation sites excluding steroid dienone is 1. The average Bonchev–Trinajstić information content (AvgIpc) is 3.16. The molecule has 0 radical (unpaired) electrons. The number of nitrogens with zero attached hydrogens (tertiary/aromatic N) is 3. The van der Waals surface area contributed by atoms with Gasteiger partial charge < -0.3 is 14.4 Å². The lowest BCUT2D eigenvalue weighted by atomic mass is 10.3. The number of methoxy groups -OCH3 is 1. The Labute approximate surface area is 174 Å². The lowest BCUT2D eigenvalue weighted by Gasteiger charge is -2.39. The van der Waals surface area contributed by atoms with Gasteiger partial charge >= 0.3 is 11.9 Å². The number of carbonyl (C=O) groups is 2. The maximum absolute atomic E-state index is 12.4. The van der Waals surface area contributed by atoms with Gasteiger partial charge in [0.15, 0.2) is 0 Å². The van der Waals surface area contributed by atoms with Crippen molar-refractivity contribution >= 4 is 62.1 Å². The zero-order valence-electron chi connectivity index (χ0n) is 15.2. The summed E-state index contributed by atoms with van der Waals surface area (Å²) in [4.78, 5) is 27.0. The van der Waals surface area contributed by atoms with Gasteiger partial charge in [-0.1, -0.05) is 27.7 Å². The van der Waals surface area contributed by atoms with Crippen LogP contribution in [0.5, 0.6) is 0 Å². The summed E-state index contributed by atoms with van der Waals surface area (Å²) in [5.41, 5.74) is 1.54. The minimum atomic E-state index is -0.858. The predicted molar refractivity (Wildman–Crippen MR) is 111 cm³/mol. The van der Waals surface area contributed by atoms with E-state index in [-0.39, 0.29) is 11.0 Å². The third-order valence-corrected chi connectivity index (χ3v) is 7.63. The molecule has 2 aliphatic heterocycles. The number of hydrogen-bond donors (Lipinski definition) is 0. The van der Waals surface area contributed by atoms with Gasteiger partial charge in [0, 0.05) is 17.2 Å². The molecule has 2 aliphatic rings. The molecule has 3 rings (SSSR count). The molecule has 7 nitrogen and oxygen atoms in total. The average molecular weight is 472 g/mol. The van der Waals surface area contributed by atoms with Crippen molar-refractivity contribution in [1.82, 2.24) is 4.90 Å². The van der Waals surface area contributed by atoms with Gasteiger partial charge in [0.05, 0.1) is 19.4 Å². The van der Waals surface area contributed by atoms with E-state index < -0.39 is 10.3 Å². The molecular formula is C17H18BrN3O4S2. The molecular weight excluding hydrogens is 454 g/mol. The molecule has 2 heterocycles. The molecule has 27 heavy (non-hydrogen) atoms. The normalized spacial score (nSPS) is 21.7. The Morgan fingerprint density at radius 1 is 1.22 bits per heavy atom. The summed E-state index contributed by atoms with van der Waals surface area (Å²) in [6.45, 7) is 3.91. The van der Waals surface area contributed by atoms with Gasteiger partial charge in [-0.25, -0.2) is 14.6 Å². The Morgan fingerprint density at radius 3 is 2.48 bits per heavy atom. The van der Waals surface area contributed by atoms with Gasteiger partial charge in [-0.2, -0.15) is 5.10 Å². The van der Waals surface area contributed by atoms with E-state index in [1.54, 1.807) is 11.9 Å². The molecule has 0 bridgehead atoms.